The number of nitrogens with two attached hydrogens (primary N) is 1. The monoisotopic (exact) mass is 493 g/mol. The summed E-state index contributed by atoms with van der Waals surface area (Å²) in [6.45, 7) is 0.806. The number of halogens is 2. The van der Waals surface area contributed by atoms with Crippen molar-refractivity contribution in [2.24, 2.45) is 18.7 Å². The number of carbonyl (C=O) groups is 1. The molecule has 0 unspecified atom stereocenters. The van der Waals surface area contributed by atoms with Gasteiger partial charge in [-0.2, -0.15) is 0 Å². The van der Waals surface area contributed by atoms with Gasteiger partial charge in [0.05, 0.1) is 35.4 Å². The average Bonchev–Trinajstić information content (AvgIpc) is 3.55. The minimum absolute atomic E-state index is 0.141. The van der Waals surface area contributed by atoms with E-state index in [2.05, 4.69) is 4.57 Å². The van der Waals surface area contributed by atoms with Gasteiger partial charge in [-0.15, -0.1) is 0 Å². The number of nitrogens with zero attached hydrogens (tertiary/aromatic N) is 4. The molecule has 1 fully saturated rings. The van der Waals surface area contributed by atoms with Crippen LogP contribution in [0.4, 0.5) is 8.78 Å². The molecule has 0 saturated heterocycles. The van der Waals surface area contributed by atoms with E-state index in [4.69, 9.17) is 15.5 Å². The summed E-state index contributed by atoms with van der Waals surface area (Å²) in [6.07, 6.45) is 2.97. The van der Waals surface area contributed by atoms with E-state index < -0.39 is 12.7 Å². The number of amides is 1. The van der Waals surface area contributed by atoms with Gasteiger partial charge in [-0.05, 0) is 61.1 Å². The zero-order chi connectivity index (χ0) is 25.1. The minimum Gasteiger partial charge on any atom is -0.492 e. The molecule has 0 radical (unpaired) electrons. The van der Waals surface area contributed by atoms with Gasteiger partial charge in [0.2, 0.25) is 0 Å². The molecule has 2 N–H and O–H groups in total. The fraction of sp³-hybridized carbons (Fsp3) is 0.407. The smallest absolute Gasteiger partial charge is 0.254 e. The SMILES string of the molecule is COc1c(F)ccc2cc(-c3nc4cc5c(cc4n3C)CCN(C[C@H](N)CF)C5=O)n(CC3CC3)c12. The van der Waals surface area contributed by atoms with Gasteiger partial charge in [0.15, 0.2) is 17.4 Å². The van der Waals surface area contributed by atoms with Gasteiger partial charge in [-0.25, -0.2) is 13.8 Å². The number of aromatic nitrogens is 3. The molecule has 1 atom stereocenters. The number of hydrogen-bond acceptors (Lipinski definition) is 4. The molecule has 4 aromatic rings. The molecule has 2 aromatic carbocycles. The number of hydrogen-bond donors (Lipinski definition) is 1. The van der Waals surface area contributed by atoms with Gasteiger partial charge >= 0.3 is 0 Å². The summed E-state index contributed by atoms with van der Waals surface area (Å²) >= 11 is 0. The van der Waals surface area contributed by atoms with Crippen LogP contribution in [0.5, 0.6) is 5.75 Å². The third kappa shape index (κ3) is 3.64. The number of benzene rings is 2. The molecule has 2 aromatic heterocycles. The predicted octanol–water partition coefficient (Wildman–Crippen LogP) is 4.05. The molecule has 3 heterocycles. The maximum Gasteiger partial charge on any atom is 0.254 e. The minimum atomic E-state index is -0.684. The van der Waals surface area contributed by atoms with Crippen LogP contribution in [0.2, 0.25) is 0 Å². The second kappa shape index (κ2) is 8.58. The molecule has 2 aliphatic rings. The molecule has 1 aliphatic carbocycles. The zero-order valence-corrected chi connectivity index (χ0v) is 20.4. The first-order valence-corrected chi connectivity index (χ1v) is 12.4. The Morgan fingerprint density at radius 3 is 2.78 bits per heavy atom. The molecule has 0 bridgehead atoms. The van der Waals surface area contributed by atoms with Gasteiger partial charge in [-0.3, -0.25) is 4.79 Å². The highest BCUT2D eigenvalue weighted by Gasteiger charge is 2.29. The lowest BCUT2D eigenvalue weighted by Gasteiger charge is -2.30. The molecular weight excluding hydrogens is 464 g/mol. The van der Waals surface area contributed by atoms with E-state index in [0.717, 1.165) is 52.9 Å². The Balaban J connectivity index is 1.48. The standard InChI is InChI=1S/C27H29F2N5O2/c1-32-22-9-16-7-8-33(14-18(30)12-28)27(35)19(16)11-21(22)31-26(32)23-10-17-5-6-20(29)25(36-2)24(17)34(23)13-15-3-4-15/h5-6,9-11,15,18H,3-4,7-8,12-14,30H2,1-2H3/t18-/m1/s1. The Bertz CT molecular complexity index is 1500. The van der Waals surface area contributed by atoms with E-state index in [1.807, 2.05) is 29.8 Å². The molecule has 188 valence electrons. The van der Waals surface area contributed by atoms with Crippen LogP contribution in [0.1, 0.15) is 28.8 Å². The summed E-state index contributed by atoms with van der Waals surface area (Å²) in [6, 6.07) is 8.41. The summed E-state index contributed by atoms with van der Waals surface area (Å²) in [4.78, 5) is 19.7. The molecule has 1 aliphatic heterocycles. The van der Waals surface area contributed by atoms with Crippen LogP contribution in [0.3, 0.4) is 0 Å². The number of methoxy groups -OCH3 is 1. The lowest BCUT2D eigenvalue weighted by Crippen LogP contribution is -2.45. The number of fused-ring (bicyclic) bond motifs is 3. The third-order valence-corrected chi connectivity index (χ3v) is 7.47. The molecule has 0 spiro atoms. The first kappa shape index (κ1) is 23.0. The summed E-state index contributed by atoms with van der Waals surface area (Å²) in [7, 11) is 3.46. The quantitative estimate of drug-likeness (QED) is 0.421. The summed E-state index contributed by atoms with van der Waals surface area (Å²) < 4.78 is 37.2. The second-order valence-electron chi connectivity index (χ2n) is 10.0. The lowest BCUT2D eigenvalue weighted by molar-refractivity contribution is 0.0725. The largest absolute Gasteiger partial charge is 0.492 e. The fourth-order valence-corrected chi connectivity index (χ4v) is 5.38. The van der Waals surface area contributed by atoms with E-state index in [-0.39, 0.29) is 24.0 Å². The maximum atomic E-state index is 14.6. The first-order chi connectivity index (χ1) is 17.4. The molecule has 1 saturated carbocycles. The van der Waals surface area contributed by atoms with Crippen molar-refractivity contribution in [3.05, 3.63) is 47.3 Å². The van der Waals surface area contributed by atoms with Crippen molar-refractivity contribution < 1.29 is 18.3 Å². The van der Waals surface area contributed by atoms with Gasteiger partial charge in [0, 0.05) is 37.6 Å². The van der Waals surface area contributed by atoms with Crippen molar-refractivity contribution >= 4 is 27.8 Å². The molecule has 9 heteroatoms. The highest BCUT2D eigenvalue weighted by Crippen LogP contribution is 2.40. The number of imidazole rings is 1. The van der Waals surface area contributed by atoms with Crippen LogP contribution in [-0.4, -0.2) is 57.8 Å². The highest BCUT2D eigenvalue weighted by atomic mass is 19.1. The van der Waals surface area contributed by atoms with Crippen LogP contribution in [0.15, 0.2) is 30.3 Å². The van der Waals surface area contributed by atoms with Crippen LogP contribution in [0.25, 0.3) is 33.5 Å². The van der Waals surface area contributed by atoms with Crippen molar-refractivity contribution in [1.82, 2.24) is 19.0 Å². The van der Waals surface area contributed by atoms with Crippen LogP contribution >= 0.6 is 0 Å². The maximum absolute atomic E-state index is 14.6. The van der Waals surface area contributed by atoms with Crippen molar-refractivity contribution in [3.8, 4) is 17.3 Å². The van der Waals surface area contributed by atoms with Crippen LogP contribution in [-0.2, 0) is 20.0 Å². The second-order valence-corrected chi connectivity index (χ2v) is 10.0. The third-order valence-electron chi connectivity index (χ3n) is 7.47. The van der Waals surface area contributed by atoms with Crippen LogP contribution in [0, 0.1) is 11.7 Å². The number of aryl methyl sites for hydroxylation is 1. The van der Waals surface area contributed by atoms with E-state index in [1.165, 1.54) is 13.2 Å². The van der Waals surface area contributed by atoms with Gasteiger partial charge in [-0.1, -0.05) is 0 Å². The number of alkyl halides is 1. The van der Waals surface area contributed by atoms with E-state index in [1.54, 1.807) is 11.0 Å². The summed E-state index contributed by atoms with van der Waals surface area (Å²) in [5.41, 5.74) is 10.6. The van der Waals surface area contributed by atoms with Gasteiger partial charge in [0.1, 0.15) is 6.67 Å². The van der Waals surface area contributed by atoms with Crippen molar-refractivity contribution in [2.45, 2.75) is 31.8 Å². The van der Waals surface area contributed by atoms with E-state index >= 15 is 0 Å². The molecule has 1 amide bonds. The Kier molecular flexibility index (Phi) is 5.48. The van der Waals surface area contributed by atoms with E-state index in [9.17, 15) is 13.6 Å². The van der Waals surface area contributed by atoms with Crippen molar-refractivity contribution in [2.75, 3.05) is 26.9 Å². The number of rotatable bonds is 7. The summed E-state index contributed by atoms with van der Waals surface area (Å²) in [5, 5.41) is 0.894. The molecular formula is C27H29F2N5O2. The topological polar surface area (TPSA) is 78.3 Å². The Morgan fingerprint density at radius 1 is 1.25 bits per heavy atom. The highest BCUT2D eigenvalue weighted by molar-refractivity contribution is 6.01. The lowest BCUT2D eigenvalue weighted by atomic mass is 9.97. The zero-order valence-electron chi connectivity index (χ0n) is 20.4. The number of carbonyl (C=O) groups excluding carboxylic acids is 1. The number of ether oxygens (including phenoxy) is 1. The molecule has 36 heavy (non-hydrogen) atoms. The Labute approximate surface area is 207 Å². The van der Waals surface area contributed by atoms with Crippen molar-refractivity contribution in [3.63, 3.8) is 0 Å². The van der Waals surface area contributed by atoms with Crippen molar-refractivity contribution in [1.29, 1.82) is 0 Å². The van der Waals surface area contributed by atoms with E-state index in [0.29, 0.717) is 30.0 Å². The molecule has 7 nitrogen and oxygen atoms in total. The average molecular weight is 494 g/mol. The molecule has 6 rings (SSSR count). The normalized spacial score (nSPS) is 16.7. The van der Waals surface area contributed by atoms with Gasteiger partial charge in [0.25, 0.3) is 5.91 Å². The first-order valence-electron chi connectivity index (χ1n) is 12.4. The summed E-state index contributed by atoms with van der Waals surface area (Å²) in [5.74, 6) is 1.01. The van der Waals surface area contributed by atoms with Crippen LogP contribution < -0.4 is 10.5 Å². The Morgan fingerprint density at radius 2 is 2.06 bits per heavy atom. The predicted molar refractivity (Wildman–Crippen MR) is 134 cm³/mol. The Hall–Kier alpha value is -3.46. The van der Waals surface area contributed by atoms with Gasteiger partial charge < -0.3 is 24.5 Å². The fourth-order valence-electron chi connectivity index (χ4n) is 5.38.